The first kappa shape index (κ1) is 16.2. The Kier molecular flexibility index (Phi) is 4.56. The van der Waals surface area contributed by atoms with E-state index in [0.29, 0.717) is 18.6 Å². The molecule has 4 N–H and O–H groups in total. The zero-order chi connectivity index (χ0) is 16.4. The molecule has 1 amide bonds. The number of benzene rings is 1. The number of halogens is 1. The summed E-state index contributed by atoms with van der Waals surface area (Å²) in [6.07, 6.45) is 0.903. The molecule has 2 heterocycles. The van der Waals surface area contributed by atoms with E-state index < -0.39 is 17.6 Å². The number of hydrazine groups is 1. The Morgan fingerprint density at radius 1 is 1.30 bits per heavy atom. The fourth-order valence-electron chi connectivity index (χ4n) is 2.85. The Morgan fingerprint density at radius 3 is 2.65 bits per heavy atom. The molecule has 6 nitrogen and oxygen atoms in total. The highest BCUT2D eigenvalue weighted by Gasteiger charge is 2.45. The number of hydrogen-bond donors (Lipinski definition) is 4. The molecule has 2 aliphatic heterocycles. The predicted molar refractivity (Wildman–Crippen MR) is 84.3 cm³/mol. The molecule has 0 spiro atoms. The predicted octanol–water partition coefficient (Wildman–Crippen LogP) is 0.810. The van der Waals surface area contributed by atoms with Gasteiger partial charge in [0, 0.05) is 11.8 Å². The van der Waals surface area contributed by atoms with Gasteiger partial charge in [-0.3, -0.25) is 4.79 Å². The average molecular weight is 339 g/mol. The monoisotopic (exact) mass is 339 g/mol. The number of nitrogens with one attached hydrogen (secondary N) is 3. The van der Waals surface area contributed by atoms with Crippen molar-refractivity contribution >= 4 is 23.6 Å². The molecule has 23 heavy (non-hydrogen) atoms. The summed E-state index contributed by atoms with van der Waals surface area (Å²) in [7, 11) is 0. The second kappa shape index (κ2) is 6.46. The first-order valence-electron chi connectivity index (χ1n) is 7.40. The lowest BCUT2D eigenvalue weighted by molar-refractivity contribution is -0.146. The molecule has 0 bridgehead atoms. The van der Waals surface area contributed by atoms with Crippen LogP contribution in [0.25, 0.3) is 0 Å². The van der Waals surface area contributed by atoms with Crippen LogP contribution in [0.2, 0.25) is 0 Å². The number of rotatable bonds is 4. The number of carboxylic acid groups (broad SMARTS) is 1. The topological polar surface area (TPSA) is 90.5 Å². The Balaban J connectivity index is 1.63. The van der Waals surface area contributed by atoms with Crippen LogP contribution in [0, 0.1) is 5.82 Å². The first-order chi connectivity index (χ1) is 11.0. The highest BCUT2D eigenvalue weighted by molar-refractivity contribution is 7.99. The first-order valence-corrected chi connectivity index (χ1v) is 8.55. The lowest BCUT2D eigenvalue weighted by atomic mass is 9.97. The van der Waals surface area contributed by atoms with Gasteiger partial charge >= 0.3 is 5.97 Å². The Labute approximate surface area is 137 Å². The van der Waals surface area contributed by atoms with Gasteiger partial charge in [-0.1, -0.05) is 12.1 Å². The highest BCUT2D eigenvalue weighted by atomic mass is 32.2. The molecule has 2 fully saturated rings. The molecule has 3 rings (SSSR count). The van der Waals surface area contributed by atoms with Crippen molar-refractivity contribution in [2.75, 3.05) is 11.5 Å². The van der Waals surface area contributed by atoms with Crippen LogP contribution in [0.15, 0.2) is 24.3 Å². The summed E-state index contributed by atoms with van der Waals surface area (Å²) in [6.45, 7) is 0. The molecule has 3 unspecified atom stereocenters. The average Bonchev–Trinajstić information content (AvgIpc) is 3.17. The summed E-state index contributed by atoms with van der Waals surface area (Å²) in [5.41, 5.74) is 5.60. The van der Waals surface area contributed by atoms with Gasteiger partial charge in [-0.15, -0.1) is 0 Å². The largest absolute Gasteiger partial charge is 0.479 e. The van der Waals surface area contributed by atoms with Gasteiger partial charge in [-0.2, -0.15) is 11.8 Å². The second-order valence-electron chi connectivity index (χ2n) is 5.86. The third-order valence-electron chi connectivity index (χ3n) is 4.29. The second-order valence-corrected chi connectivity index (χ2v) is 6.97. The van der Waals surface area contributed by atoms with Gasteiger partial charge in [0.15, 0.2) is 0 Å². The number of carbonyl (C=O) groups is 2. The fraction of sp³-hybridized carbons (Fsp3) is 0.467. The summed E-state index contributed by atoms with van der Waals surface area (Å²) in [5.74, 6) is -0.517. The van der Waals surface area contributed by atoms with E-state index in [4.69, 9.17) is 0 Å². The molecule has 0 radical (unpaired) electrons. The number of aliphatic carboxylic acids is 1. The standard InChI is InChI=1S/C15H18FN3O3S/c16-10-3-1-9(2-4-10)11-7-12(19-18-11)13(20)17-15(14(21)22)5-6-23-8-15/h1-4,11-12,18-19H,5-8H2,(H,17,20)(H,21,22). The van der Waals surface area contributed by atoms with E-state index in [1.54, 1.807) is 12.1 Å². The van der Waals surface area contributed by atoms with Crippen molar-refractivity contribution in [2.24, 2.45) is 0 Å². The number of hydrogen-bond acceptors (Lipinski definition) is 5. The number of thioether (sulfide) groups is 1. The van der Waals surface area contributed by atoms with Crippen molar-refractivity contribution < 1.29 is 19.1 Å². The summed E-state index contributed by atoms with van der Waals surface area (Å²) in [6, 6.07) is 5.44. The third kappa shape index (κ3) is 3.34. The molecule has 1 aromatic rings. The third-order valence-corrected chi connectivity index (χ3v) is 5.48. The van der Waals surface area contributed by atoms with E-state index in [0.717, 1.165) is 11.3 Å². The molecular formula is C15H18FN3O3S. The Bertz CT molecular complexity index is 604. The maximum absolute atomic E-state index is 13.0. The normalized spacial score (nSPS) is 30.3. The SMILES string of the molecule is O=C(NC1(C(=O)O)CCSC1)C1CC(c2ccc(F)cc2)NN1. The molecule has 8 heteroatoms. The van der Waals surface area contributed by atoms with Crippen LogP contribution in [0.3, 0.4) is 0 Å². The van der Waals surface area contributed by atoms with Crippen LogP contribution in [-0.4, -0.2) is 40.1 Å². The number of carboxylic acids is 1. The highest BCUT2D eigenvalue weighted by Crippen LogP contribution is 2.29. The van der Waals surface area contributed by atoms with Gasteiger partial charge in [0.2, 0.25) is 5.91 Å². The Morgan fingerprint density at radius 2 is 2.04 bits per heavy atom. The molecule has 124 valence electrons. The molecular weight excluding hydrogens is 321 g/mol. The van der Waals surface area contributed by atoms with Crippen LogP contribution < -0.4 is 16.2 Å². The minimum Gasteiger partial charge on any atom is -0.479 e. The van der Waals surface area contributed by atoms with E-state index in [2.05, 4.69) is 16.2 Å². The number of amides is 1. The molecule has 0 aliphatic carbocycles. The zero-order valence-corrected chi connectivity index (χ0v) is 13.2. The van der Waals surface area contributed by atoms with Gasteiger partial charge in [-0.25, -0.2) is 20.0 Å². The number of carbonyl (C=O) groups excluding carboxylic acids is 1. The zero-order valence-electron chi connectivity index (χ0n) is 12.3. The molecule has 2 aliphatic rings. The van der Waals surface area contributed by atoms with Crippen molar-refractivity contribution in [2.45, 2.75) is 30.5 Å². The lowest BCUT2D eigenvalue weighted by Gasteiger charge is -2.26. The van der Waals surface area contributed by atoms with Crippen molar-refractivity contribution in [1.82, 2.24) is 16.2 Å². The van der Waals surface area contributed by atoms with Gasteiger partial charge in [0.05, 0.1) is 0 Å². The molecule has 2 saturated heterocycles. The summed E-state index contributed by atoms with van der Waals surface area (Å²) in [5, 5.41) is 12.1. The quantitative estimate of drug-likeness (QED) is 0.649. The van der Waals surface area contributed by atoms with Crippen LogP contribution in [-0.2, 0) is 9.59 Å². The van der Waals surface area contributed by atoms with Crippen molar-refractivity contribution in [3.63, 3.8) is 0 Å². The molecule has 3 atom stereocenters. The van der Waals surface area contributed by atoms with E-state index in [9.17, 15) is 19.1 Å². The smallest absolute Gasteiger partial charge is 0.330 e. The van der Waals surface area contributed by atoms with E-state index >= 15 is 0 Å². The molecule has 1 aromatic carbocycles. The fourth-order valence-corrected chi connectivity index (χ4v) is 4.18. The van der Waals surface area contributed by atoms with Crippen molar-refractivity contribution in [1.29, 1.82) is 0 Å². The van der Waals surface area contributed by atoms with E-state index in [1.165, 1.54) is 23.9 Å². The minimum atomic E-state index is -1.17. The maximum Gasteiger partial charge on any atom is 0.330 e. The maximum atomic E-state index is 13.0. The molecule has 0 aromatic heterocycles. The van der Waals surface area contributed by atoms with Gasteiger partial charge in [-0.05, 0) is 36.3 Å². The Hall–Kier alpha value is -1.64. The minimum absolute atomic E-state index is 0.120. The van der Waals surface area contributed by atoms with E-state index in [1.807, 2.05) is 0 Å². The van der Waals surface area contributed by atoms with Crippen LogP contribution >= 0.6 is 11.8 Å². The van der Waals surface area contributed by atoms with E-state index in [-0.39, 0.29) is 17.8 Å². The van der Waals surface area contributed by atoms with Gasteiger partial charge in [0.1, 0.15) is 17.4 Å². The summed E-state index contributed by atoms with van der Waals surface area (Å²) < 4.78 is 13.0. The van der Waals surface area contributed by atoms with Crippen LogP contribution in [0.1, 0.15) is 24.4 Å². The lowest BCUT2D eigenvalue weighted by Crippen LogP contribution is -2.58. The van der Waals surface area contributed by atoms with Crippen molar-refractivity contribution in [3.05, 3.63) is 35.6 Å². The molecule has 0 saturated carbocycles. The van der Waals surface area contributed by atoms with Crippen LogP contribution in [0.5, 0.6) is 0 Å². The van der Waals surface area contributed by atoms with Gasteiger partial charge < -0.3 is 10.4 Å². The summed E-state index contributed by atoms with van der Waals surface area (Å²) >= 11 is 1.53. The van der Waals surface area contributed by atoms with Crippen molar-refractivity contribution in [3.8, 4) is 0 Å². The van der Waals surface area contributed by atoms with Crippen LogP contribution in [0.4, 0.5) is 4.39 Å². The van der Waals surface area contributed by atoms with Gasteiger partial charge in [0.25, 0.3) is 0 Å². The summed E-state index contributed by atoms with van der Waals surface area (Å²) in [4.78, 5) is 23.9.